The molecular weight excluding hydrogens is 694 g/mol. The van der Waals surface area contributed by atoms with Crippen LogP contribution in [0.5, 0.6) is 0 Å². The molecule has 0 bridgehead atoms. The van der Waals surface area contributed by atoms with E-state index in [-0.39, 0.29) is 10.8 Å². The predicted molar refractivity (Wildman–Crippen MR) is 230 cm³/mol. The average molecular weight is 761 g/mol. The highest BCUT2D eigenvalue weighted by Gasteiger charge is 2.57. The highest BCUT2D eigenvalue weighted by molar-refractivity contribution is 6.61. The van der Waals surface area contributed by atoms with Crippen molar-refractivity contribution in [1.82, 2.24) is 0 Å². The highest BCUT2D eigenvalue weighted by Crippen LogP contribution is 2.61. The fourth-order valence-corrected chi connectivity index (χ4v) is 10.4. The van der Waals surface area contributed by atoms with Gasteiger partial charge in [0.15, 0.2) is 0 Å². The Labute approximate surface area is 337 Å². The SMILES string of the molecule is CCCCC1(CCCC)c2cc(B3OC(C)(C)C(C)(C)O3)oc2-c2ccc3c4c(ccc3c21)-c1oc(B2OC(C)(C)C(C)(C)O2)cc1C4(CCCC)CCCC. The van der Waals surface area contributed by atoms with Crippen molar-refractivity contribution in [2.24, 2.45) is 0 Å². The van der Waals surface area contributed by atoms with Gasteiger partial charge in [-0.3, -0.25) is 0 Å². The van der Waals surface area contributed by atoms with E-state index >= 15 is 0 Å². The van der Waals surface area contributed by atoms with Crippen LogP contribution in [0.15, 0.2) is 45.2 Å². The second kappa shape index (κ2) is 13.9. The first kappa shape index (κ1) is 40.0. The number of furan rings is 2. The van der Waals surface area contributed by atoms with Gasteiger partial charge in [-0.15, -0.1) is 0 Å². The zero-order chi connectivity index (χ0) is 40.1. The van der Waals surface area contributed by atoms with Crippen molar-refractivity contribution in [3.05, 3.63) is 58.7 Å². The molecule has 2 aromatic carbocycles. The van der Waals surface area contributed by atoms with E-state index in [1.165, 1.54) is 44.2 Å². The van der Waals surface area contributed by atoms with Crippen LogP contribution in [-0.2, 0) is 29.4 Å². The lowest BCUT2D eigenvalue weighted by Gasteiger charge is -2.35. The minimum Gasteiger partial charge on any atom is -0.464 e. The molecule has 0 spiro atoms. The van der Waals surface area contributed by atoms with E-state index in [0.717, 1.165) is 99.9 Å². The van der Waals surface area contributed by atoms with Crippen LogP contribution in [0.25, 0.3) is 33.4 Å². The molecule has 0 saturated carbocycles. The summed E-state index contributed by atoms with van der Waals surface area (Å²) in [5, 5.41) is 2.73. The molecule has 4 aliphatic rings. The normalized spacial score (nSPS) is 21.5. The maximum Gasteiger partial charge on any atom is 0.532 e. The number of hydrogen-bond acceptors (Lipinski definition) is 6. The molecule has 4 aromatic rings. The standard InChI is InChI=1S/C48H66B2O6/c1-13-17-25-47(26-18-14-2)35-29-37(49-53-43(5,6)44(7,8)54-49)51-41(35)33-23-22-32-31(39(33)47)21-24-34-40(32)48(27-19-15-3,28-20-16-4)36-30-38(52-42(34)36)50-55-45(9,10)46(11,12)56-50/h21-24,29-30H,13-20,25-28H2,1-12H3. The lowest BCUT2D eigenvalue weighted by atomic mass is 9.67. The molecule has 2 aliphatic heterocycles. The van der Waals surface area contributed by atoms with Gasteiger partial charge in [-0.2, -0.15) is 0 Å². The van der Waals surface area contributed by atoms with Crippen LogP contribution < -0.4 is 11.3 Å². The van der Waals surface area contributed by atoms with Gasteiger partial charge in [0.2, 0.25) is 0 Å². The number of benzene rings is 2. The molecule has 0 N–H and O–H groups in total. The molecule has 2 saturated heterocycles. The Balaban J connectivity index is 1.33. The van der Waals surface area contributed by atoms with Gasteiger partial charge in [-0.25, -0.2) is 0 Å². The van der Waals surface area contributed by atoms with Gasteiger partial charge >= 0.3 is 14.2 Å². The maximum atomic E-state index is 6.97. The van der Waals surface area contributed by atoms with E-state index in [9.17, 15) is 0 Å². The summed E-state index contributed by atoms with van der Waals surface area (Å²) in [5.74, 6) is 2.00. The van der Waals surface area contributed by atoms with Gasteiger partial charge in [0, 0.05) is 33.1 Å². The smallest absolute Gasteiger partial charge is 0.464 e. The van der Waals surface area contributed by atoms with Gasteiger partial charge in [0.25, 0.3) is 0 Å². The Morgan fingerprint density at radius 2 is 0.750 bits per heavy atom. The zero-order valence-corrected chi connectivity index (χ0v) is 36.6. The topological polar surface area (TPSA) is 63.2 Å². The molecule has 6 nitrogen and oxygen atoms in total. The van der Waals surface area contributed by atoms with Crippen molar-refractivity contribution in [3.63, 3.8) is 0 Å². The van der Waals surface area contributed by atoms with Crippen LogP contribution in [0.4, 0.5) is 0 Å². The summed E-state index contributed by atoms with van der Waals surface area (Å²) in [6, 6.07) is 14.2. The second-order valence-corrected chi connectivity index (χ2v) is 19.6. The molecule has 8 heteroatoms. The first-order chi connectivity index (χ1) is 26.5. The van der Waals surface area contributed by atoms with Gasteiger partial charge < -0.3 is 27.5 Å². The van der Waals surface area contributed by atoms with E-state index in [2.05, 4.69) is 119 Å². The van der Waals surface area contributed by atoms with Crippen molar-refractivity contribution >= 4 is 36.3 Å². The van der Waals surface area contributed by atoms with E-state index in [1.807, 2.05) is 0 Å². The van der Waals surface area contributed by atoms with Crippen LogP contribution >= 0.6 is 0 Å². The van der Waals surface area contributed by atoms with E-state index in [0.29, 0.717) is 0 Å². The summed E-state index contributed by atoms with van der Waals surface area (Å²) in [4.78, 5) is 0. The van der Waals surface area contributed by atoms with Crippen LogP contribution in [0.2, 0.25) is 0 Å². The molecule has 2 aliphatic carbocycles. The van der Waals surface area contributed by atoms with E-state index in [1.54, 1.807) is 0 Å². The predicted octanol–water partition coefficient (Wildman–Crippen LogP) is 11.9. The molecule has 4 heterocycles. The van der Waals surface area contributed by atoms with Crippen LogP contribution in [-0.4, -0.2) is 36.6 Å². The molecule has 2 aromatic heterocycles. The van der Waals surface area contributed by atoms with Crippen LogP contribution in [0.1, 0.15) is 182 Å². The Morgan fingerprint density at radius 3 is 1.04 bits per heavy atom. The summed E-state index contributed by atoms with van der Waals surface area (Å²) < 4.78 is 40.2. The summed E-state index contributed by atoms with van der Waals surface area (Å²) in [6.07, 6.45) is 13.5. The highest BCUT2D eigenvalue weighted by atomic mass is 16.7. The lowest BCUT2D eigenvalue weighted by molar-refractivity contribution is 0.00578. The van der Waals surface area contributed by atoms with Crippen molar-refractivity contribution in [3.8, 4) is 22.6 Å². The van der Waals surface area contributed by atoms with E-state index < -0.39 is 36.6 Å². The Bertz CT molecular complexity index is 1920. The lowest BCUT2D eigenvalue weighted by Crippen LogP contribution is -2.41. The monoisotopic (exact) mass is 761 g/mol. The third-order valence-corrected chi connectivity index (χ3v) is 15.0. The summed E-state index contributed by atoms with van der Waals surface area (Å²) in [6.45, 7) is 26.2. The molecule has 2 fully saturated rings. The molecule has 0 amide bonds. The van der Waals surface area contributed by atoms with Crippen molar-refractivity contribution in [1.29, 1.82) is 0 Å². The number of hydrogen-bond donors (Lipinski definition) is 0. The molecule has 56 heavy (non-hydrogen) atoms. The molecule has 8 rings (SSSR count). The van der Waals surface area contributed by atoms with Gasteiger partial charge in [-0.1, -0.05) is 103 Å². The fraction of sp³-hybridized carbons (Fsp3) is 0.625. The summed E-state index contributed by atoms with van der Waals surface area (Å²) >= 11 is 0. The molecular formula is C48H66B2O6. The van der Waals surface area contributed by atoms with E-state index in [4.69, 9.17) is 27.5 Å². The minimum absolute atomic E-state index is 0.166. The number of fused-ring (bicyclic) bond motifs is 9. The maximum absolute atomic E-state index is 6.97. The Morgan fingerprint density at radius 1 is 0.446 bits per heavy atom. The molecule has 0 unspecified atom stereocenters. The first-order valence-corrected chi connectivity index (χ1v) is 22.1. The largest absolute Gasteiger partial charge is 0.532 e. The quantitative estimate of drug-likeness (QED) is 0.119. The van der Waals surface area contributed by atoms with Gasteiger partial charge in [-0.05, 0) is 115 Å². The zero-order valence-electron chi connectivity index (χ0n) is 36.6. The van der Waals surface area contributed by atoms with Crippen molar-refractivity contribution in [2.75, 3.05) is 0 Å². The third kappa shape index (κ3) is 5.80. The summed E-state index contributed by atoms with van der Waals surface area (Å²) in [5.41, 5.74) is 7.47. The third-order valence-electron chi connectivity index (χ3n) is 15.0. The molecule has 0 radical (unpaired) electrons. The molecule has 300 valence electrons. The van der Waals surface area contributed by atoms with Crippen molar-refractivity contribution in [2.45, 2.75) is 193 Å². The summed E-state index contributed by atoms with van der Waals surface area (Å²) in [7, 11) is -1.07. The molecule has 0 atom stereocenters. The van der Waals surface area contributed by atoms with Crippen molar-refractivity contribution < 1.29 is 27.5 Å². The Kier molecular flexibility index (Phi) is 9.95. The van der Waals surface area contributed by atoms with Crippen LogP contribution in [0.3, 0.4) is 0 Å². The van der Waals surface area contributed by atoms with Gasteiger partial charge in [0.1, 0.15) is 22.8 Å². The number of rotatable bonds is 14. The minimum atomic E-state index is -0.533. The fourth-order valence-electron chi connectivity index (χ4n) is 10.4. The number of unbranched alkanes of at least 4 members (excludes halogenated alkanes) is 4. The van der Waals surface area contributed by atoms with Crippen LogP contribution in [0, 0.1) is 0 Å². The average Bonchev–Trinajstić information content (AvgIpc) is 3.96. The first-order valence-electron chi connectivity index (χ1n) is 22.1. The van der Waals surface area contributed by atoms with Gasteiger partial charge in [0.05, 0.1) is 22.4 Å². The second-order valence-electron chi connectivity index (χ2n) is 19.6. The Hall–Kier alpha value is -2.77.